The number of allylic oxidation sites excluding steroid dienone is 1. The zero-order valence-corrected chi connectivity index (χ0v) is 17.0. The normalized spacial score (nSPS) is 17.7. The van der Waals surface area contributed by atoms with E-state index in [0.29, 0.717) is 17.8 Å². The van der Waals surface area contributed by atoms with Crippen molar-refractivity contribution in [3.63, 3.8) is 0 Å². The number of hydrogen-bond donors (Lipinski definition) is 2. The molecule has 0 atom stereocenters. The highest BCUT2D eigenvalue weighted by Gasteiger charge is 2.23. The van der Waals surface area contributed by atoms with Gasteiger partial charge in [-0.05, 0) is 57.1 Å². The lowest BCUT2D eigenvalue weighted by molar-refractivity contribution is 0.0925. The van der Waals surface area contributed by atoms with Gasteiger partial charge in [0.25, 0.3) is 11.8 Å². The minimum Gasteiger partial charge on any atom is -0.349 e. The molecule has 29 heavy (non-hydrogen) atoms. The molecule has 1 saturated carbocycles. The van der Waals surface area contributed by atoms with Gasteiger partial charge in [-0.2, -0.15) is 0 Å². The van der Waals surface area contributed by atoms with E-state index < -0.39 is 0 Å². The second kappa shape index (κ2) is 9.25. The third-order valence-corrected chi connectivity index (χ3v) is 6.02. The molecular weight excluding hydrogens is 364 g/mol. The summed E-state index contributed by atoms with van der Waals surface area (Å²) in [6.45, 7) is 0.593. The molecule has 2 amide bonds. The average molecular weight is 395 g/mol. The summed E-state index contributed by atoms with van der Waals surface area (Å²) in [6.07, 6.45) is 15.3. The lowest BCUT2D eigenvalue weighted by atomic mass is 9.95. The van der Waals surface area contributed by atoms with Gasteiger partial charge in [0.1, 0.15) is 0 Å². The number of imidazole rings is 1. The molecule has 0 saturated heterocycles. The summed E-state index contributed by atoms with van der Waals surface area (Å²) in [4.78, 5) is 30.1. The van der Waals surface area contributed by atoms with Gasteiger partial charge in [0.05, 0.1) is 5.52 Å². The Morgan fingerprint density at radius 1 is 1.07 bits per heavy atom. The van der Waals surface area contributed by atoms with Crippen molar-refractivity contribution in [1.82, 2.24) is 20.0 Å². The van der Waals surface area contributed by atoms with Gasteiger partial charge in [-0.25, -0.2) is 4.98 Å². The van der Waals surface area contributed by atoms with Crippen LogP contribution < -0.4 is 10.6 Å². The molecule has 4 rings (SSSR count). The molecule has 0 aromatic carbocycles. The first kappa shape index (κ1) is 19.7. The standard InChI is InChI=1S/C23H30N4O2/c28-22(25-18-11-5-2-6-12-18)20-19-13-7-8-16-27(19)21(26-20)23(29)24-15-14-17-9-3-1-4-10-17/h7-9,13,16,18H,1-6,10-12,14-15H2,(H,24,29)(H,25,28). The Labute approximate surface area is 171 Å². The molecule has 2 aromatic rings. The average Bonchev–Trinajstić information content (AvgIpc) is 3.15. The maximum absolute atomic E-state index is 12.9. The van der Waals surface area contributed by atoms with Crippen molar-refractivity contribution in [2.75, 3.05) is 6.54 Å². The number of fused-ring (bicyclic) bond motifs is 1. The van der Waals surface area contributed by atoms with Crippen molar-refractivity contribution in [3.8, 4) is 0 Å². The van der Waals surface area contributed by atoms with E-state index in [2.05, 4.69) is 21.7 Å². The molecule has 0 spiro atoms. The molecule has 1 fully saturated rings. The van der Waals surface area contributed by atoms with Crippen LogP contribution in [0.3, 0.4) is 0 Å². The van der Waals surface area contributed by atoms with Crippen LogP contribution in [-0.4, -0.2) is 33.8 Å². The Morgan fingerprint density at radius 3 is 2.72 bits per heavy atom. The van der Waals surface area contributed by atoms with Gasteiger partial charge in [0, 0.05) is 18.8 Å². The van der Waals surface area contributed by atoms with E-state index in [0.717, 1.165) is 44.9 Å². The zero-order chi connectivity index (χ0) is 20.1. The molecule has 154 valence electrons. The van der Waals surface area contributed by atoms with Gasteiger partial charge in [-0.3, -0.25) is 14.0 Å². The van der Waals surface area contributed by atoms with E-state index in [-0.39, 0.29) is 23.7 Å². The maximum Gasteiger partial charge on any atom is 0.287 e. The van der Waals surface area contributed by atoms with Crippen molar-refractivity contribution in [1.29, 1.82) is 0 Å². The second-order valence-corrected chi connectivity index (χ2v) is 8.16. The van der Waals surface area contributed by atoms with E-state index in [1.807, 2.05) is 18.2 Å². The Hall–Kier alpha value is -2.63. The third kappa shape index (κ3) is 4.69. The van der Waals surface area contributed by atoms with Crippen LogP contribution in [0.25, 0.3) is 5.52 Å². The summed E-state index contributed by atoms with van der Waals surface area (Å²) in [6, 6.07) is 5.76. The fraction of sp³-hybridized carbons (Fsp3) is 0.522. The molecular formula is C23H30N4O2. The number of nitrogens with zero attached hydrogens (tertiary/aromatic N) is 2. The van der Waals surface area contributed by atoms with Gasteiger partial charge < -0.3 is 10.6 Å². The number of carbonyl (C=O) groups excluding carboxylic acids is 2. The van der Waals surface area contributed by atoms with Gasteiger partial charge in [-0.15, -0.1) is 0 Å². The van der Waals surface area contributed by atoms with Crippen LogP contribution in [-0.2, 0) is 0 Å². The van der Waals surface area contributed by atoms with Crippen LogP contribution in [0.15, 0.2) is 36.0 Å². The highest BCUT2D eigenvalue weighted by molar-refractivity contribution is 6.02. The van der Waals surface area contributed by atoms with Crippen molar-refractivity contribution in [3.05, 3.63) is 47.6 Å². The first-order chi connectivity index (χ1) is 14.2. The molecule has 2 N–H and O–H groups in total. The number of hydrogen-bond acceptors (Lipinski definition) is 3. The predicted molar refractivity (Wildman–Crippen MR) is 113 cm³/mol. The first-order valence-electron chi connectivity index (χ1n) is 11.0. The Balaban J connectivity index is 1.46. The van der Waals surface area contributed by atoms with Crippen LogP contribution in [0.2, 0.25) is 0 Å². The predicted octanol–water partition coefficient (Wildman–Crippen LogP) is 4.02. The molecule has 2 aliphatic carbocycles. The van der Waals surface area contributed by atoms with Crippen molar-refractivity contribution >= 4 is 17.3 Å². The van der Waals surface area contributed by atoms with E-state index in [9.17, 15) is 9.59 Å². The SMILES string of the molecule is O=C(NC1CCCCC1)c1nc(C(=O)NCCC2=CCCCC2)n2ccccc12. The molecule has 0 aliphatic heterocycles. The highest BCUT2D eigenvalue weighted by atomic mass is 16.2. The van der Waals surface area contributed by atoms with Crippen molar-refractivity contribution < 1.29 is 9.59 Å². The molecule has 0 bridgehead atoms. The van der Waals surface area contributed by atoms with Gasteiger partial charge >= 0.3 is 0 Å². The van der Waals surface area contributed by atoms with Crippen LogP contribution in [0, 0.1) is 0 Å². The fourth-order valence-corrected chi connectivity index (χ4v) is 4.41. The molecule has 2 heterocycles. The minimum absolute atomic E-state index is 0.188. The van der Waals surface area contributed by atoms with Gasteiger partial charge in [0.2, 0.25) is 5.82 Å². The van der Waals surface area contributed by atoms with E-state index in [4.69, 9.17) is 0 Å². The highest BCUT2D eigenvalue weighted by Crippen LogP contribution is 2.20. The first-order valence-corrected chi connectivity index (χ1v) is 11.0. The van der Waals surface area contributed by atoms with Gasteiger partial charge in [-0.1, -0.05) is 37.0 Å². The Bertz CT molecular complexity index is 909. The van der Waals surface area contributed by atoms with Crippen LogP contribution in [0.5, 0.6) is 0 Å². The smallest absolute Gasteiger partial charge is 0.287 e. The minimum atomic E-state index is -0.237. The summed E-state index contributed by atoms with van der Waals surface area (Å²) < 4.78 is 1.71. The molecule has 6 heteroatoms. The number of rotatable bonds is 6. The molecule has 2 aromatic heterocycles. The molecule has 0 unspecified atom stereocenters. The van der Waals surface area contributed by atoms with Crippen LogP contribution >= 0.6 is 0 Å². The summed E-state index contributed by atoms with van der Waals surface area (Å²) in [7, 11) is 0. The summed E-state index contributed by atoms with van der Waals surface area (Å²) >= 11 is 0. The second-order valence-electron chi connectivity index (χ2n) is 8.16. The van der Waals surface area contributed by atoms with E-state index in [1.54, 1.807) is 10.6 Å². The third-order valence-electron chi connectivity index (χ3n) is 6.02. The zero-order valence-electron chi connectivity index (χ0n) is 17.0. The van der Waals surface area contributed by atoms with E-state index in [1.165, 1.54) is 24.8 Å². The van der Waals surface area contributed by atoms with Crippen molar-refractivity contribution in [2.45, 2.75) is 70.3 Å². The Kier molecular flexibility index (Phi) is 6.27. The summed E-state index contributed by atoms with van der Waals surface area (Å²) in [5.74, 6) is -0.154. The Morgan fingerprint density at radius 2 is 1.93 bits per heavy atom. The number of pyridine rings is 1. The van der Waals surface area contributed by atoms with Crippen LogP contribution in [0.4, 0.5) is 0 Å². The lowest BCUT2D eigenvalue weighted by Crippen LogP contribution is -2.36. The lowest BCUT2D eigenvalue weighted by Gasteiger charge is -2.22. The van der Waals surface area contributed by atoms with Gasteiger partial charge in [0.15, 0.2) is 5.69 Å². The quantitative estimate of drug-likeness (QED) is 0.727. The molecule has 2 aliphatic rings. The maximum atomic E-state index is 12.9. The fourth-order valence-electron chi connectivity index (χ4n) is 4.41. The number of amides is 2. The summed E-state index contributed by atoms with van der Waals surface area (Å²) in [5, 5.41) is 6.09. The van der Waals surface area contributed by atoms with Crippen molar-refractivity contribution in [2.24, 2.45) is 0 Å². The number of carbonyl (C=O) groups is 2. The monoisotopic (exact) mass is 394 g/mol. The number of nitrogens with one attached hydrogen (secondary N) is 2. The topological polar surface area (TPSA) is 75.5 Å². The van der Waals surface area contributed by atoms with E-state index >= 15 is 0 Å². The summed E-state index contributed by atoms with van der Waals surface area (Å²) in [5.41, 5.74) is 2.43. The molecule has 0 radical (unpaired) electrons. The van der Waals surface area contributed by atoms with Crippen LogP contribution in [0.1, 0.15) is 85.3 Å². The number of aromatic nitrogens is 2. The largest absolute Gasteiger partial charge is 0.349 e. The molecule has 6 nitrogen and oxygen atoms in total.